The number of carbonyl (C=O) groups is 1. The van der Waals surface area contributed by atoms with Crippen molar-refractivity contribution in [3.63, 3.8) is 0 Å². The van der Waals surface area contributed by atoms with Crippen LogP contribution in [-0.2, 0) is 21.2 Å². The fraction of sp³-hybridized carbons (Fsp3) is 0.647. The molecule has 2 aliphatic rings. The molecule has 26 heavy (non-hydrogen) atoms. The SMILES string of the molecule is CC(=O)N1CCN(C(=NCc2cccs2)NCC2CCS(=O)(=O)C2)CC1. The number of thiophene rings is 1. The first kappa shape index (κ1) is 19.2. The molecule has 1 aromatic heterocycles. The molecule has 0 bridgehead atoms. The average Bonchev–Trinajstić information content (AvgIpc) is 3.24. The molecule has 1 amide bonds. The number of piperazine rings is 1. The van der Waals surface area contributed by atoms with Gasteiger partial charge in [-0.2, -0.15) is 0 Å². The standard InChI is InChI=1S/C17H26N4O3S2/c1-14(22)20-5-7-21(8-6-20)17(19-12-16-3-2-9-25-16)18-11-15-4-10-26(23,24)13-15/h2-3,9,15H,4-8,10-13H2,1H3,(H,18,19). The van der Waals surface area contributed by atoms with Crippen LogP contribution in [0.3, 0.4) is 0 Å². The highest BCUT2D eigenvalue weighted by Crippen LogP contribution is 2.17. The van der Waals surface area contributed by atoms with E-state index in [1.54, 1.807) is 18.3 Å². The number of nitrogens with zero attached hydrogens (tertiary/aromatic N) is 3. The zero-order chi connectivity index (χ0) is 18.6. The van der Waals surface area contributed by atoms with E-state index in [0.717, 1.165) is 19.0 Å². The highest BCUT2D eigenvalue weighted by Gasteiger charge is 2.28. The minimum Gasteiger partial charge on any atom is -0.356 e. The van der Waals surface area contributed by atoms with Gasteiger partial charge in [0, 0.05) is 44.5 Å². The number of nitrogens with one attached hydrogen (secondary N) is 1. The fourth-order valence-corrected chi connectivity index (χ4v) is 5.81. The number of aliphatic imine (C=N–C) groups is 1. The highest BCUT2D eigenvalue weighted by molar-refractivity contribution is 7.91. The Morgan fingerprint density at radius 1 is 1.31 bits per heavy atom. The van der Waals surface area contributed by atoms with Crippen LogP contribution in [0.1, 0.15) is 18.2 Å². The summed E-state index contributed by atoms with van der Waals surface area (Å²) in [5.74, 6) is 1.61. The normalized spacial score (nSPS) is 23.3. The van der Waals surface area contributed by atoms with Gasteiger partial charge in [0.05, 0.1) is 18.1 Å². The second-order valence-corrected chi connectivity index (χ2v) is 10.1. The molecule has 2 aliphatic heterocycles. The van der Waals surface area contributed by atoms with Crippen LogP contribution >= 0.6 is 11.3 Å². The molecule has 0 radical (unpaired) electrons. The van der Waals surface area contributed by atoms with Gasteiger partial charge in [-0.1, -0.05) is 6.07 Å². The maximum absolute atomic E-state index is 11.7. The molecule has 1 atom stereocenters. The van der Waals surface area contributed by atoms with E-state index in [1.165, 1.54) is 4.88 Å². The van der Waals surface area contributed by atoms with Gasteiger partial charge in [-0.3, -0.25) is 4.79 Å². The zero-order valence-electron chi connectivity index (χ0n) is 15.1. The first-order chi connectivity index (χ1) is 12.4. The van der Waals surface area contributed by atoms with Crippen molar-refractivity contribution in [2.75, 3.05) is 44.2 Å². The molecule has 3 heterocycles. The molecule has 1 aromatic rings. The van der Waals surface area contributed by atoms with Crippen LogP contribution < -0.4 is 5.32 Å². The molecule has 0 saturated carbocycles. The van der Waals surface area contributed by atoms with E-state index in [4.69, 9.17) is 4.99 Å². The number of rotatable bonds is 4. The van der Waals surface area contributed by atoms with Crippen LogP contribution in [0.25, 0.3) is 0 Å². The third kappa shape index (κ3) is 5.20. The monoisotopic (exact) mass is 398 g/mol. The topological polar surface area (TPSA) is 82.1 Å². The lowest BCUT2D eigenvalue weighted by atomic mass is 10.1. The van der Waals surface area contributed by atoms with E-state index in [9.17, 15) is 13.2 Å². The molecule has 0 aliphatic carbocycles. The van der Waals surface area contributed by atoms with E-state index >= 15 is 0 Å². The third-order valence-electron chi connectivity index (χ3n) is 4.86. The van der Waals surface area contributed by atoms with Gasteiger partial charge < -0.3 is 15.1 Å². The van der Waals surface area contributed by atoms with Crippen molar-refractivity contribution >= 4 is 33.0 Å². The van der Waals surface area contributed by atoms with Crippen LogP contribution in [0, 0.1) is 5.92 Å². The second-order valence-electron chi connectivity index (χ2n) is 6.86. The summed E-state index contributed by atoms with van der Waals surface area (Å²) >= 11 is 1.67. The van der Waals surface area contributed by atoms with Crippen LogP contribution in [0.2, 0.25) is 0 Å². The fourth-order valence-electron chi connectivity index (χ4n) is 3.32. The maximum atomic E-state index is 11.7. The number of guanidine groups is 1. The van der Waals surface area contributed by atoms with E-state index in [0.29, 0.717) is 32.6 Å². The Labute approximate surface area is 159 Å². The molecule has 144 valence electrons. The van der Waals surface area contributed by atoms with E-state index in [2.05, 4.69) is 16.3 Å². The third-order valence-corrected chi connectivity index (χ3v) is 7.56. The Hall–Kier alpha value is -1.61. The summed E-state index contributed by atoms with van der Waals surface area (Å²) in [6.45, 7) is 5.67. The first-order valence-electron chi connectivity index (χ1n) is 8.94. The van der Waals surface area contributed by atoms with Gasteiger partial charge in [-0.05, 0) is 23.8 Å². The van der Waals surface area contributed by atoms with Gasteiger partial charge in [0.15, 0.2) is 15.8 Å². The molecule has 1 N–H and O–H groups in total. The van der Waals surface area contributed by atoms with Crippen LogP contribution in [0.5, 0.6) is 0 Å². The summed E-state index contributed by atoms with van der Waals surface area (Å²) in [5.41, 5.74) is 0. The molecular formula is C17H26N4O3S2. The highest BCUT2D eigenvalue weighted by atomic mass is 32.2. The number of hydrogen-bond donors (Lipinski definition) is 1. The number of sulfone groups is 1. The molecule has 2 fully saturated rings. The van der Waals surface area contributed by atoms with Crippen LogP contribution in [0.15, 0.2) is 22.5 Å². The number of amides is 1. The number of hydrogen-bond acceptors (Lipinski definition) is 5. The minimum absolute atomic E-state index is 0.103. The Bertz CT molecular complexity index is 738. The first-order valence-corrected chi connectivity index (χ1v) is 11.6. The molecule has 9 heteroatoms. The summed E-state index contributed by atoms with van der Waals surface area (Å²) in [4.78, 5) is 21.5. The van der Waals surface area contributed by atoms with E-state index < -0.39 is 9.84 Å². The second kappa shape index (κ2) is 8.39. The van der Waals surface area contributed by atoms with Gasteiger partial charge in [0.25, 0.3) is 0 Å². The molecule has 7 nitrogen and oxygen atoms in total. The van der Waals surface area contributed by atoms with E-state index in [-0.39, 0.29) is 23.3 Å². The average molecular weight is 399 g/mol. The Kier molecular flexibility index (Phi) is 6.18. The van der Waals surface area contributed by atoms with Gasteiger partial charge in [0.2, 0.25) is 5.91 Å². The smallest absolute Gasteiger partial charge is 0.219 e. The van der Waals surface area contributed by atoms with Crippen molar-refractivity contribution in [1.29, 1.82) is 0 Å². The summed E-state index contributed by atoms with van der Waals surface area (Å²) in [6.07, 6.45) is 0.714. The van der Waals surface area contributed by atoms with Crippen LogP contribution in [-0.4, -0.2) is 74.3 Å². The summed E-state index contributed by atoms with van der Waals surface area (Å²) in [7, 11) is -2.87. The Morgan fingerprint density at radius 3 is 2.62 bits per heavy atom. The van der Waals surface area contributed by atoms with Crippen molar-refractivity contribution in [3.8, 4) is 0 Å². The predicted octanol–water partition coefficient (Wildman–Crippen LogP) is 0.793. The predicted molar refractivity (Wildman–Crippen MR) is 104 cm³/mol. The zero-order valence-corrected chi connectivity index (χ0v) is 16.7. The number of carbonyl (C=O) groups excluding carboxylic acids is 1. The molecular weight excluding hydrogens is 372 g/mol. The lowest BCUT2D eigenvalue weighted by Crippen LogP contribution is -2.54. The molecule has 0 spiro atoms. The van der Waals surface area contributed by atoms with Gasteiger partial charge in [-0.15, -0.1) is 11.3 Å². The summed E-state index contributed by atoms with van der Waals surface area (Å²) in [5, 5.41) is 5.42. The van der Waals surface area contributed by atoms with Gasteiger partial charge >= 0.3 is 0 Å². The minimum atomic E-state index is -2.87. The Balaban J connectivity index is 1.62. The van der Waals surface area contributed by atoms with Crippen molar-refractivity contribution in [2.45, 2.75) is 19.9 Å². The van der Waals surface area contributed by atoms with Crippen molar-refractivity contribution in [3.05, 3.63) is 22.4 Å². The molecule has 0 aromatic carbocycles. The lowest BCUT2D eigenvalue weighted by molar-refractivity contribution is -0.130. The largest absolute Gasteiger partial charge is 0.356 e. The van der Waals surface area contributed by atoms with Crippen molar-refractivity contribution in [1.82, 2.24) is 15.1 Å². The molecule has 2 saturated heterocycles. The summed E-state index contributed by atoms with van der Waals surface area (Å²) < 4.78 is 23.3. The van der Waals surface area contributed by atoms with Crippen LogP contribution in [0.4, 0.5) is 0 Å². The van der Waals surface area contributed by atoms with Gasteiger partial charge in [0.1, 0.15) is 0 Å². The quantitative estimate of drug-likeness (QED) is 0.599. The molecule has 3 rings (SSSR count). The molecule has 1 unspecified atom stereocenters. The summed E-state index contributed by atoms with van der Waals surface area (Å²) in [6, 6.07) is 4.07. The van der Waals surface area contributed by atoms with Gasteiger partial charge in [-0.25, -0.2) is 13.4 Å². The van der Waals surface area contributed by atoms with Crippen molar-refractivity contribution < 1.29 is 13.2 Å². The maximum Gasteiger partial charge on any atom is 0.219 e. The van der Waals surface area contributed by atoms with Crippen molar-refractivity contribution in [2.24, 2.45) is 10.9 Å². The van der Waals surface area contributed by atoms with E-state index in [1.807, 2.05) is 16.3 Å². The lowest BCUT2D eigenvalue weighted by Gasteiger charge is -2.36. The Morgan fingerprint density at radius 2 is 2.04 bits per heavy atom.